The number of aromatic amines is 1. The van der Waals surface area contributed by atoms with Crippen LogP contribution in [0.2, 0.25) is 0 Å². The van der Waals surface area contributed by atoms with E-state index in [-0.39, 0.29) is 16.9 Å². The Balaban J connectivity index is 1.76. The molecular weight excluding hydrogens is 313 g/mol. The first-order valence-electron chi connectivity index (χ1n) is 7.79. The number of halogens is 1. The van der Waals surface area contributed by atoms with Gasteiger partial charge in [-0.2, -0.15) is 5.10 Å². The van der Waals surface area contributed by atoms with Crippen LogP contribution in [-0.2, 0) is 10.2 Å². The lowest BCUT2D eigenvalue weighted by Crippen LogP contribution is -2.42. The molecule has 1 N–H and O–H groups in total. The molecule has 3 rings (SSSR count). The zero-order chi connectivity index (χ0) is 17.3. The Morgan fingerprint density at radius 3 is 2.92 bits per heavy atom. The van der Waals surface area contributed by atoms with E-state index in [2.05, 4.69) is 20.2 Å². The Bertz CT molecular complexity index is 740. The van der Waals surface area contributed by atoms with Gasteiger partial charge in [-0.25, -0.2) is 9.37 Å². The molecule has 2 aromatic rings. The number of hydrogen-bond donors (Lipinski definition) is 1. The summed E-state index contributed by atoms with van der Waals surface area (Å²) in [6.07, 6.45) is 2.04. The number of amides is 1. The van der Waals surface area contributed by atoms with E-state index in [4.69, 9.17) is 4.74 Å². The number of nitrogens with one attached hydrogen (secondary N) is 1. The zero-order valence-corrected chi connectivity index (χ0v) is 13.9. The number of carbonyl (C=O) groups is 1. The second-order valence-corrected chi connectivity index (χ2v) is 6.76. The summed E-state index contributed by atoms with van der Waals surface area (Å²) in [5.74, 6) is 0.260. The van der Waals surface area contributed by atoms with Gasteiger partial charge < -0.3 is 9.64 Å². The Morgan fingerprint density at radius 1 is 1.46 bits per heavy atom. The van der Waals surface area contributed by atoms with Gasteiger partial charge in [0.25, 0.3) is 5.91 Å². The van der Waals surface area contributed by atoms with Crippen molar-refractivity contribution in [3.63, 3.8) is 0 Å². The molecule has 0 aliphatic carbocycles. The summed E-state index contributed by atoms with van der Waals surface area (Å²) in [5.41, 5.74) is -0.169. The number of pyridine rings is 1. The van der Waals surface area contributed by atoms with E-state index in [0.717, 1.165) is 6.20 Å². The van der Waals surface area contributed by atoms with Crippen molar-refractivity contribution in [2.45, 2.75) is 32.3 Å². The first-order chi connectivity index (χ1) is 11.4. The van der Waals surface area contributed by atoms with Crippen molar-refractivity contribution >= 4 is 5.91 Å². The van der Waals surface area contributed by atoms with Gasteiger partial charge in [0.05, 0.1) is 24.9 Å². The number of H-pyrrole nitrogens is 1. The maximum atomic E-state index is 13.8. The first-order valence-corrected chi connectivity index (χ1v) is 7.79. The van der Waals surface area contributed by atoms with Crippen LogP contribution in [0.5, 0.6) is 0 Å². The maximum Gasteiger partial charge on any atom is 0.257 e. The van der Waals surface area contributed by atoms with Crippen LogP contribution < -0.4 is 0 Å². The zero-order valence-electron chi connectivity index (χ0n) is 13.9. The minimum absolute atomic E-state index is 0.0126. The third-order valence-corrected chi connectivity index (χ3v) is 3.84. The summed E-state index contributed by atoms with van der Waals surface area (Å²) in [4.78, 5) is 22.2. The molecular formula is C16H20FN5O2. The van der Waals surface area contributed by atoms with Crippen LogP contribution in [0.15, 0.2) is 18.5 Å². The van der Waals surface area contributed by atoms with Crippen molar-refractivity contribution in [2.24, 2.45) is 0 Å². The number of nitrogens with zero attached hydrogens (tertiary/aromatic N) is 4. The van der Waals surface area contributed by atoms with Crippen LogP contribution >= 0.6 is 0 Å². The summed E-state index contributed by atoms with van der Waals surface area (Å²) in [6, 6.07) is 1.38. The number of hydrogen-bond acceptors (Lipinski definition) is 5. The van der Waals surface area contributed by atoms with Crippen LogP contribution in [-0.4, -0.2) is 50.7 Å². The number of aromatic nitrogens is 4. The summed E-state index contributed by atoms with van der Waals surface area (Å²) in [5, 5.41) is 7.10. The van der Waals surface area contributed by atoms with Gasteiger partial charge in [0.1, 0.15) is 6.10 Å². The summed E-state index contributed by atoms with van der Waals surface area (Å²) in [7, 11) is 0. The predicted octanol–water partition coefficient (Wildman–Crippen LogP) is 1.85. The molecule has 7 nitrogen and oxygen atoms in total. The number of carbonyl (C=O) groups excluding carboxylic acids is 1. The average molecular weight is 333 g/mol. The van der Waals surface area contributed by atoms with E-state index >= 15 is 0 Å². The summed E-state index contributed by atoms with van der Waals surface area (Å²) in [6.45, 7) is 7.10. The second kappa shape index (κ2) is 6.27. The lowest BCUT2D eigenvalue weighted by molar-refractivity contribution is -0.0268. The minimum atomic E-state index is -0.625. The van der Waals surface area contributed by atoms with E-state index in [1.54, 1.807) is 4.90 Å². The lowest BCUT2D eigenvalue weighted by atomic mass is 9.96. The molecule has 1 amide bonds. The molecule has 1 aliphatic heterocycles. The van der Waals surface area contributed by atoms with Crippen LogP contribution in [0.4, 0.5) is 4.39 Å². The smallest absolute Gasteiger partial charge is 0.257 e. The van der Waals surface area contributed by atoms with Gasteiger partial charge in [-0.15, -0.1) is 0 Å². The van der Waals surface area contributed by atoms with Crippen LogP contribution in [0.25, 0.3) is 0 Å². The van der Waals surface area contributed by atoms with Gasteiger partial charge >= 0.3 is 0 Å². The molecule has 1 unspecified atom stereocenters. The first kappa shape index (κ1) is 16.5. The van der Waals surface area contributed by atoms with Gasteiger partial charge in [-0.1, -0.05) is 20.8 Å². The number of ether oxygens (including phenoxy) is 1. The minimum Gasteiger partial charge on any atom is -0.367 e. The molecule has 1 atom stereocenters. The molecule has 8 heteroatoms. The van der Waals surface area contributed by atoms with Gasteiger partial charge in [-0.05, 0) is 6.07 Å². The standard InChI is InChI=1S/C16H20FN5O2/c1-16(2,3)15-19-13(20-21-15)12-9-22(6-7-24-12)14(23)10-4-5-18-8-11(10)17/h4-5,8,12H,6-7,9H2,1-3H3,(H,19,20,21). The van der Waals surface area contributed by atoms with Crippen LogP contribution in [0.1, 0.15) is 48.9 Å². The van der Waals surface area contributed by atoms with E-state index < -0.39 is 11.9 Å². The Kier molecular flexibility index (Phi) is 4.31. The summed E-state index contributed by atoms with van der Waals surface area (Å²) >= 11 is 0. The molecule has 0 saturated carbocycles. The van der Waals surface area contributed by atoms with Gasteiger partial charge in [0.15, 0.2) is 17.5 Å². The number of morpholine rings is 1. The largest absolute Gasteiger partial charge is 0.367 e. The van der Waals surface area contributed by atoms with E-state index in [1.807, 2.05) is 20.8 Å². The fraction of sp³-hybridized carbons (Fsp3) is 0.500. The van der Waals surface area contributed by atoms with E-state index in [1.165, 1.54) is 12.3 Å². The second-order valence-electron chi connectivity index (χ2n) is 6.76. The third kappa shape index (κ3) is 3.28. The van der Waals surface area contributed by atoms with Crippen molar-refractivity contribution in [2.75, 3.05) is 19.7 Å². The Morgan fingerprint density at radius 2 is 2.25 bits per heavy atom. The molecule has 0 spiro atoms. The highest BCUT2D eigenvalue weighted by Gasteiger charge is 2.30. The highest BCUT2D eigenvalue weighted by molar-refractivity contribution is 5.94. The molecule has 1 saturated heterocycles. The van der Waals surface area contributed by atoms with Crippen molar-refractivity contribution in [1.29, 1.82) is 0 Å². The summed E-state index contributed by atoms with van der Waals surface area (Å²) < 4.78 is 19.5. The highest BCUT2D eigenvalue weighted by Crippen LogP contribution is 2.24. The third-order valence-electron chi connectivity index (χ3n) is 3.84. The van der Waals surface area contributed by atoms with Crippen molar-refractivity contribution in [3.05, 3.63) is 41.5 Å². The van der Waals surface area contributed by atoms with Crippen LogP contribution in [0.3, 0.4) is 0 Å². The van der Waals surface area contributed by atoms with Crippen molar-refractivity contribution in [1.82, 2.24) is 25.1 Å². The molecule has 0 bridgehead atoms. The SMILES string of the molecule is CC(C)(C)c1n[nH]c(C2CN(C(=O)c3ccncc3F)CCO2)n1. The topological polar surface area (TPSA) is 84.0 Å². The quantitative estimate of drug-likeness (QED) is 0.907. The van der Waals surface area contributed by atoms with Crippen LogP contribution in [0, 0.1) is 5.82 Å². The van der Waals surface area contributed by atoms with E-state index in [0.29, 0.717) is 31.3 Å². The molecule has 128 valence electrons. The fourth-order valence-corrected chi connectivity index (χ4v) is 2.47. The number of rotatable bonds is 2. The molecule has 1 fully saturated rings. The highest BCUT2D eigenvalue weighted by atomic mass is 19.1. The molecule has 0 radical (unpaired) electrons. The average Bonchev–Trinajstić information content (AvgIpc) is 3.05. The van der Waals surface area contributed by atoms with Gasteiger partial charge in [-0.3, -0.25) is 14.9 Å². The van der Waals surface area contributed by atoms with Crippen molar-refractivity contribution in [3.8, 4) is 0 Å². The van der Waals surface area contributed by atoms with Crippen molar-refractivity contribution < 1.29 is 13.9 Å². The molecule has 24 heavy (non-hydrogen) atoms. The Hall–Kier alpha value is -2.35. The Labute approximate surface area is 139 Å². The molecule has 0 aromatic carbocycles. The lowest BCUT2D eigenvalue weighted by Gasteiger charge is -2.32. The predicted molar refractivity (Wildman–Crippen MR) is 83.9 cm³/mol. The molecule has 1 aliphatic rings. The normalized spacial score (nSPS) is 18.7. The molecule has 3 heterocycles. The van der Waals surface area contributed by atoms with Gasteiger partial charge in [0, 0.05) is 18.2 Å². The fourth-order valence-electron chi connectivity index (χ4n) is 2.47. The van der Waals surface area contributed by atoms with E-state index in [9.17, 15) is 9.18 Å². The molecule has 2 aromatic heterocycles. The maximum absolute atomic E-state index is 13.8. The monoisotopic (exact) mass is 333 g/mol. The van der Waals surface area contributed by atoms with Gasteiger partial charge in [0.2, 0.25) is 0 Å².